The molecule has 122 valence electrons. The highest BCUT2D eigenvalue weighted by atomic mass is 16.3. The van der Waals surface area contributed by atoms with Crippen LogP contribution in [0.25, 0.3) is 0 Å². The van der Waals surface area contributed by atoms with Gasteiger partial charge in [-0.05, 0) is 38.5 Å². The molecule has 0 saturated heterocycles. The standard InChI is InChI=1S/C16H21N5O2/c1-16(2,3)21-15-18-8-12(13(17)23)14(20-15)19-11-6-4-5-10(7-11)9-22/h4-8,22H,9H2,1-3H3,(H2,17,23)(H2,18,19,20,21). The second-order valence-electron chi connectivity index (χ2n) is 6.18. The van der Waals surface area contributed by atoms with Gasteiger partial charge in [0.1, 0.15) is 11.4 Å². The monoisotopic (exact) mass is 315 g/mol. The van der Waals surface area contributed by atoms with Gasteiger partial charge in [0.2, 0.25) is 5.95 Å². The zero-order valence-corrected chi connectivity index (χ0v) is 13.4. The van der Waals surface area contributed by atoms with E-state index in [1.165, 1.54) is 6.20 Å². The molecule has 23 heavy (non-hydrogen) atoms. The van der Waals surface area contributed by atoms with Gasteiger partial charge < -0.3 is 21.5 Å². The number of amides is 1. The summed E-state index contributed by atoms with van der Waals surface area (Å²) >= 11 is 0. The van der Waals surface area contributed by atoms with Gasteiger partial charge in [0, 0.05) is 17.4 Å². The van der Waals surface area contributed by atoms with Crippen LogP contribution >= 0.6 is 0 Å². The molecule has 0 atom stereocenters. The Bertz CT molecular complexity index is 710. The first-order valence-corrected chi connectivity index (χ1v) is 7.20. The van der Waals surface area contributed by atoms with Crippen LogP contribution in [0.1, 0.15) is 36.7 Å². The van der Waals surface area contributed by atoms with E-state index >= 15 is 0 Å². The average Bonchev–Trinajstić information content (AvgIpc) is 2.45. The molecule has 0 saturated carbocycles. The van der Waals surface area contributed by atoms with E-state index in [0.717, 1.165) is 5.56 Å². The van der Waals surface area contributed by atoms with Gasteiger partial charge in [0.15, 0.2) is 0 Å². The molecule has 5 N–H and O–H groups in total. The first kappa shape index (κ1) is 16.7. The predicted molar refractivity (Wildman–Crippen MR) is 89.6 cm³/mol. The zero-order chi connectivity index (χ0) is 17.0. The second kappa shape index (κ2) is 6.62. The number of aliphatic hydroxyl groups excluding tert-OH is 1. The van der Waals surface area contributed by atoms with E-state index in [1.807, 2.05) is 26.8 Å². The number of primary amides is 1. The number of rotatable bonds is 5. The van der Waals surface area contributed by atoms with Crippen LogP contribution < -0.4 is 16.4 Å². The molecular formula is C16H21N5O2. The van der Waals surface area contributed by atoms with Crippen molar-refractivity contribution in [2.45, 2.75) is 32.9 Å². The summed E-state index contributed by atoms with van der Waals surface area (Å²) in [4.78, 5) is 20.0. The number of hydrogen-bond donors (Lipinski definition) is 4. The van der Waals surface area contributed by atoms with Gasteiger partial charge in [0.25, 0.3) is 5.91 Å². The van der Waals surface area contributed by atoms with Gasteiger partial charge in [-0.25, -0.2) is 4.98 Å². The highest BCUT2D eigenvalue weighted by Gasteiger charge is 2.16. The Labute approximate surface area is 135 Å². The third-order valence-corrected chi connectivity index (χ3v) is 2.91. The molecule has 1 amide bonds. The molecule has 0 unspecified atom stereocenters. The molecule has 1 aromatic heterocycles. The first-order valence-electron chi connectivity index (χ1n) is 7.20. The lowest BCUT2D eigenvalue weighted by Gasteiger charge is -2.21. The fourth-order valence-electron chi connectivity index (χ4n) is 1.94. The third kappa shape index (κ3) is 4.65. The van der Waals surface area contributed by atoms with Crippen molar-refractivity contribution in [2.24, 2.45) is 5.73 Å². The van der Waals surface area contributed by atoms with Crippen molar-refractivity contribution in [2.75, 3.05) is 10.6 Å². The maximum Gasteiger partial charge on any atom is 0.254 e. The number of nitrogens with one attached hydrogen (secondary N) is 2. The summed E-state index contributed by atoms with van der Waals surface area (Å²) in [7, 11) is 0. The Hall–Kier alpha value is -2.67. The summed E-state index contributed by atoms with van der Waals surface area (Å²) in [6.45, 7) is 5.88. The van der Waals surface area contributed by atoms with Crippen LogP contribution in [0.3, 0.4) is 0 Å². The maximum atomic E-state index is 11.6. The molecule has 0 aliphatic heterocycles. The minimum absolute atomic E-state index is 0.0706. The number of anilines is 3. The predicted octanol–water partition coefficient (Wildman–Crippen LogP) is 2.02. The van der Waals surface area contributed by atoms with Crippen LogP contribution in [-0.4, -0.2) is 26.5 Å². The lowest BCUT2D eigenvalue weighted by Crippen LogP contribution is -2.28. The van der Waals surface area contributed by atoms with Crippen LogP contribution in [0, 0.1) is 0 Å². The Morgan fingerprint density at radius 3 is 2.70 bits per heavy atom. The SMILES string of the molecule is CC(C)(C)Nc1ncc(C(N)=O)c(Nc2cccc(CO)c2)n1. The summed E-state index contributed by atoms with van der Waals surface area (Å²) in [5, 5.41) is 15.4. The summed E-state index contributed by atoms with van der Waals surface area (Å²) in [6, 6.07) is 7.17. The van der Waals surface area contributed by atoms with E-state index in [9.17, 15) is 9.90 Å². The highest BCUT2D eigenvalue weighted by molar-refractivity contribution is 5.98. The quantitative estimate of drug-likeness (QED) is 0.671. The number of benzene rings is 1. The average molecular weight is 315 g/mol. The molecule has 0 bridgehead atoms. The molecular weight excluding hydrogens is 294 g/mol. The van der Waals surface area contributed by atoms with Gasteiger partial charge in [0.05, 0.1) is 6.61 Å². The third-order valence-electron chi connectivity index (χ3n) is 2.91. The number of aliphatic hydroxyl groups is 1. The molecule has 0 aliphatic carbocycles. The molecule has 7 heteroatoms. The topological polar surface area (TPSA) is 113 Å². The Morgan fingerprint density at radius 2 is 2.09 bits per heavy atom. The maximum absolute atomic E-state index is 11.6. The van der Waals surface area contributed by atoms with Crippen LogP contribution in [0.2, 0.25) is 0 Å². The van der Waals surface area contributed by atoms with Crippen molar-refractivity contribution >= 4 is 23.4 Å². The molecule has 0 fully saturated rings. The molecule has 0 spiro atoms. The van der Waals surface area contributed by atoms with Crippen LogP contribution in [0.4, 0.5) is 17.5 Å². The second-order valence-corrected chi connectivity index (χ2v) is 6.18. The van der Waals surface area contributed by atoms with Crippen molar-refractivity contribution in [1.29, 1.82) is 0 Å². The van der Waals surface area contributed by atoms with E-state index < -0.39 is 5.91 Å². The lowest BCUT2D eigenvalue weighted by molar-refractivity contribution is 0.100. The van der Waals surface area contributed by atoms with Gasteiger partial charge in [-0.3, -0.25) is 4.79 Å². The largest absolute Gasteiger partial charge is 0.392 e. The van der Waals surface area contributed by atoms with Crippen molar-refractivity contribution in [3.05, 3.63) is 41.6 Å². The molecule has 2 aromatic rings. The summed E-state index contributed by atoms with van der Waals surface area (Å²) in [5.74, 6) is 0.0887. The lowest BCUT2D eigenvalue weighted by atomic mass is 10.1. The van der Waals surface area contributed by atoms with E-state index in [1.54, 1.807) is 18.2 Å². The minimum atomic E-state index is -0.617. The molecule has 1 heterocycles. The fourth-order valence-corrected chi connectivity index (χ4v) is 1.94. The Morgan fingerprint density at radius 1 is 1.35 bits per heavy atom. The fraction of sp³-hybridized carbons (Fsp3) is 0.312. The molecule has 1 aromatic carbocycles. The van der Waals surface area contributed by atoms with E-state index in [4.69, 9.17) is 5.73 Å². The minimum Gasteiger partial charge on any atom is -0.392 e. The summed E-state index contributed by atoms with van der Waals surface area (Å²) in [6.07, 6.45) is 1.39. The van der Waals surface area contributed by atoms with Gasteiger partial charge in [-0.2, -0.15) is 4.98 Å². The molecule has 2 rings (SSSR count). The number of hydrogen-bond acceptors (Lipinski definition) is 6. The van der Waals surface area contributed by atoms with Crippen molar-refractivity contribution in [1.82, 2.24) is 9.97 Å². The highest BCUT2D eigenvalue weighted by Crippen LogP contribution is 2.21. The Kier molecular flexibility index (Phi) is 4.80. The van der Waals surface area contributed by atoms with Gasteiger partial charge >= 0.3 is 0 Å². The van der Waals surface area contributed by atoms with E-state index in [2.05, 4.69) is 20.6 Å². The number of nitrogens with zero attached hydrogens (tertiary/aromatic N) is 2. The van der Waals surface area contributed by atoms with Crippen molar-refractivity contribution in [3.8, 4) is 0 Å². The van der Waals surface area contributed by atoms with Crippen LogP contribution in [0.15, 0.2) is 30.5 Å². The Balaban J connectivity index is 2.37. The zero-order valence-electron chi connectivity index (χ0n) is 13.4. The summed E-state index contributed by atoms with van der Waals surface area (Å²) < 4.78 is 0. The molecule has 0 aliphatic rings. The van der Waals surface area contributed by atoms with Crippen LogP contribution in [0.5, 0.6) is 0 Å². The number of nitrogens with two attached hydrogens (primary N) is 1. The first-order chi connectivity index (χ1) is 10.8. The van der Waals surface area contributed by atoms with Crippen molar-refractivity contribution in [3.63, 3.8) is 0 Å². The van der Waals surface area contributed by atoms with Crippen molar-refractivity contribution < 1.29 is 9.90 Å². The normalized spacial score (nSPS) is 11.1. The number of carbonyl (C=O) groups is 1. The van der Waals surface area contributed by atoms with Crippen LogP contribution in [-0.2, 0) is 6.61 Å². The summed E-state index contributed by atoms with van der Waals surface area (Å²) in [5.41, 5.74) is 6.80. The van der Waals surface area contributed by atoms with E-state index in [-0.39, 0.29) is 17.7 Å². The van der Waals surface area contributed by atoms with E-state index in [0.29, 0.717) is 17.5 Å². The van der Waals surface area contributed by atoms with Gasteiger partial charge in [-0.15, -0.1) is 0 Å². The number of carbonyl (C=O) groups excluding carboxylic acids is 1. The number of aromatic nitrogens is 2. The smallest absolute Gasteiger partial charge is 0.254 e. The van der Waals surface area contributed by atoms with Gasteiger partial charge in [-0.1, -0.05) is 12.1 Å². The molecule has 7 nitrogen and oxygen atoms in total. The molecule has 0 radical (unpaired) electrons.